The van der Waals surface area contributed by atoms with Crippen LogP contribution in [-0.2, 0) is 26.7 Å². The summed E-state index contributed by atoms with van der Waals surface area (Å²) in [4.78, 5) is 24.0. The molecule has 0 spiro atoms. The summed E-state index contributed by atoms with van der Waals surface area (Å²) >= 11 is 0. The molecule has 0 aliphatic rings. The number of aliphatic carboxylic acids is 2. The van der Waals surface area contributed by atoms with Crippen LogP contribution in [0.4, 0.5) is 0 Å². The molecule has 26 heavy (non-hydrogen) atoms. The Morgan fingerprint density at radius 3 is 1.81 bits per heavy atom. The fourth-order valence-electron chi connectivity index (χ4n) is 1.31. The van der Waals surface area contributed by atoms with E-state index in [2.05, 4.69) is 4.99 Å². The van der Waals surface area contributed by atoms with Crippen LogP contribution in [0.1, 0.15) is 12.8 Å². The summed E-state index contributed by atoms with van der Waals surface area (Å²) in [5, 5.41) is 60.2. The van der Waals surface area contributed by atoms with Gasteiger partial charge in [0.1, 0.15) is 24.4 Å². The van der Waals surface area contributed by atoms with Crippen LogP contribution in [0, 0.1) is 0 Å². The summed E-state index contributed by atoms with van der Waals surface area (Å²) < 4.78 is 0. The van der Waals surface area contributed by atoms with Crippen LogP contribution in [0.5, 0.6) is 0 Å². The molecule has 1 radical (unpaired) electrons. The molecular formula is C12H26CuN4O9. The van der Waals surface area contributed by atoms with Crippen molar-refractivity contribution < 1.29 is 62.4 Å². The molecule has 0 aromatic heterocycles. The van der Waals surface area contributed by atoms with Crippen molar-refractivity contribution in [3.8, 4) is 0 Å². The second-order valence-corrected chi connectivity index (χ2v) is 4.91. The van der Waals surface area contributed by atoms with E-state index in [0.717, 1.165) is 0 Å². The van der Waals surface area contributed by atoms with Crippen molar-refractivity contribution in [1.29, 1.82) is 0 Å². The number of hydrogen-bond donors (Lipinski definition) is 10. The number of aliphatic hydroxyl groups is 5. The van der Waals surface area contributed by atoms with Gasteiger partial charge in [0.05, 0.1) is 6.61 Å². The molecule has 0 aromatic carbocycles. The van der Waals surface area contributed by atoms with Crippen molar-refractivity contribution in [2.45, 2.75) is 43.3 Å². The summed E-state index contributed by atoms with van der Waals surface area (Å²) in [5.41, 5.74) is 15.3. The van der Waals surface area contributed by atoms with Gasteiger partial charge >= 0.3 is 11.9 Å². The molecular weight excluding hydrogens is 408 g/mol. The number of carboxylic acid groups (broad SMARTS) is 2. The average Bonchev–Trinajstić information content (AvgIpc) is 2.55. The molecule has 0 amide bonds. The zero-order valence-electron chi connectivity index (χ0n) is 13.6. The number of aliphatic hydroxyl groups excluding tert-OH is 5. The number of carboxylic acids is 2. The maximum Gasteiger partial charge on any atom is 0.335 e. The van der Waals surface area contributed by atoms with Crippen molar-refractivity contribution >= 4 is 17.9 Å². The average molecular weight is 434 g/mol. The van der Waals surface area contributed by atoms with E-state index in [1.165, 1.54) is 0 Å². The van der Waals surface area contributed by atoms with Gasteiger partial charge in [0.15, 0.2) is 12.1 Å². The van der Waals surface area contributed by atoms with Gasteiger partial charge in [-0.15, -0.1) is 0 Å². The normalized spacial score (nSPS) is 15.8. The first-order valence-corrected chi connectivity index (χ1v) is 7.05. The minimum Gasteiger partial charge on any atom is -0.480 e. The van der Waals surface area contributed by atoms with Crippen LogP contribution in [0.15, 0.2) is 4.99 Å². The molecule has 0 aromatic rings. The number of hydrogen-bond acceptors (Lipinski definition) is 9. The summed E-state index contributed by atoms with van der Waals surface area (Å²) in [5.74, 6) is -2.71. The van der Waals surface area contributed by atoms with E-state index >= 15 is 0 Å². The van der Waals surface area contributed by atoms with Gasteiger partial charge in [-0.3, -0.25) is 9.79 Å². The molecule has 0 unspecified atom stereocenters. The van der Waals surface area contributed by atoms with Gasteiger partial charge < -0.3 is 52.9 Å². The second-order valence-electron chi connectivity index (χ2n) is 4.91. The first-order valence-electron chi connectivity index (χ1n) is 7.05. The monoisotopic (exact) mass is 433 g/mol. The molecule has 0 rings (SSSR count). The van der Waals surface area contributed by atoms with E-state index < -0.39 is 49.0 Å². The standard InChI is InChI=1S/C6H14N4O2.C6H12O7.Cu/c7-4(5(11)12)2-1-3-10-6(8)9;7-1-2(8)3(9)4(10)5(11)6(12)13;/h4H,1-3,7H2,(H,11,12)(H4,8,9,10);2-5,7-11H,1H2,(H,12,13);/t4-;2-,3-,4+,5-;/m01./s1. The van der Waals surface area contributed by atoms with Gasteiger partial charge in [0, 0.05) is 23.6 Å². The molecule has 0 aliphatic heterocycles. The number of nitrogens with two attached hydrogens (primary N) is 3. The van der Waals surface area contributed by atoms with Crippen LogP contribution in [-0.4, -0.2) is 97.3 Å². The largest absolute Gasteiger partial charge is 0.480 e. The van der Waals surface area contributed by atoms with E-state index in [0.29, 0.717) is 19.4 Å². The van der Waals surface area contributed by atoms with Gasteiger partial charge in [-0.1, -0.05) is 0 Å². The number of guanidine groups is 1. The van der Waals surface area contributed by atoms with Crippen LogP contribution in [0.3, 0.4) is 0 Å². The van der Waals surface area contributed by atoms with Crippen molar-refractivity contribution in [3.05, 3.63) is 0 Å². The zero-order valence-corrected chi connectivity index (χ0v) is 14.6. The molecule has 0 saturated carbocycles. The molecule has 0 saturated heterocycles. The predicted octanol–water partition coefficient (Wildman–Crippen LogP) is -5.04. The predicted molar refractivity (Wildman–Crippen MR) is 84.3 cm³/mol. The fraction of sp³-hybridized carbons (Fsp3) is 0.750. The molecule has 0 bridgehead atoms. The van der Waals surface area contributed by atoms with Gasteiger partial charge in [-0.05, 0) is 12.8 Å². The molecule has 0 heterocycles. The Balaban J connectivity index is -0.000000393. The van der Waals surface area contributed by atoms with E-state index in [1.807, 2.05) is 0 Å². The van der Waals surface area contributed by atoms with Crippen LogP contribution >= 0.6 is 0 Å². The Morgan fingerprint density at radius 1 is 0.962 bits per heavy atom. The Hall–Kier alpha value is -1.51. The minimum absolute atomic E-state index is 0. The van der Waals surface area contributed by atoms with Crippen LogP contribution in [0.25, 0.3) is 0 Å². The van der Waals surface area contributed by atoms with Crippen LogP contribution < -0.4 is 17.2 Å². The number of carbonyl (C=O) groups is 2. The topological polar surface area (TPSA) is 266 Å². The van der Waals surface area contributed by atoms with Crippen molar-refractivity contribution in [2.24, 2.45) is 22.2 Å². The maximum absolute atomic E-state index is 10.2. The van der Waals surface area contributed by atoms with Crippen molar-refractivity contribution in [1.82, 2.24) is 0 Å². The molecule has 13 nitrogen and oxygen atoms in total. The van der Waals surface area contributed by atoms with Gasteiger partial charge in [-0.2, -0.15) is 0 Å². The van der Waals surface area contributed by atoms with Gasteiger partial charge in [0.2, 0.25) is 0 Å². The quantitative estimate of drug-likeness (QED) is 0.0670. The third-order valence-corrected chi connectivity index (χ3v) is 2.79. The zero-order chi connectivity index (χ0) is 20.2. The minimum atomic E-state index is -2.20. The third-order valence-electron chi connectivity index (χ3n) is 2.79. The first kappa shape index (κ1) is 29.3. The fourth-order valence-corrected chi connectivity index (χ4v) is 1.31. The first-order chi connectivity index (χ1) is 11.4. The van der Waals surface area contributed by atoms with E-state index in [-0.39, 0.29) is 23.0 Å². The van der Waals surface area contributed by atoms with Gasteiger partial charge in [0.25, 0.3) is 0 Å². The molecule has 159 valence electrons. The maximum atomic E-state index is 10.2. The van der Waals surface area contributed by atoms with E-state index in [1.54, 1.807) is 0 Å². The van der Waals surface area contributed by atoms with Crippen molar-refractivity contribution in [2.75, 3.05) is 13.2 Å². The molecule has 0 fully saturated rings. The SMILES string of the molecule is NC(N)=NCCC[C@H](N)C(=O)O.O=C(O)[C@H](O)[C@@H](O)[C@H](O)[C@H](O)CO.[Cu]. The van der Waals surface area contributed by atoms with Crippen molar-refractivity contribution in [3.63, 3.8) is 0 Å². The van der Waals surface area contributed by atoms with Crippen LogP contribution in [0.2, 0.25) is 0 Å². The molecule has 14 heteroatoms. The smallest absolute Gasteiger partial charge is 0.335 e. The number of aliphatic imine (C=N–C) groups is 1. The number of nitrogens with zero attached hydrogens (tertiary/aromatic N) is 1. The Kier molecular flexibility index (Phi) is 17.7. The Bertz CT molecular complexity index is 437. The summed E-state index contributed by atoms with van der Waals surface area (Å²) in [6, 6.07) is -0.820. The van der Waals surface area contributed by atoms with E-state index in [9.17, 15) is 9.59 Å². The Labute approximate surface area is 159 Å². The second kappa shape index (κ2) is 15.7. The van der Waals surface area contributed by atoms with E-state index in [4.69, 9.17) is 52.9 Å². The summed E-state index contributed by atoms with van der Waals surface area (Å²) in [6.07, 6.45) is -6.88. The molecule has 5 atom stereocenters. The number of rotatable bonds is 10. The Morgan fingerprint density at radius 2 is 1.46 bits per heavy atom. The third kappa shape index (κ3) is 13.7. The molecule has 0 aliphatic carbocycles. The molecule has 13 N–H and O–H groups in total. The van der Waals surface area contributed by atoms with Gasteiger partial charge in [-0.25, -0.2) is 4.79 Å². The summed E-state index contributed by atoms with van der Waals surface area (Å²) in [6.45, 7) is -0.423. The summed E-state index contributed by atoms with van der Waals surface area (Å²) in [7, 11) is 0.